The molecule has 1 unspecified atom stereocenters. The SMILES string of the molecule is O=C(NCc1ccccc1)c1ccc2c(c1)OC(C(F)(F)C(F)(F)F)N2. The van der Waals surface area contributed by atoms with E-state index >= 15 is 0 Å². The van der Waals surface area contributed by atoms with Crippen LogP contribution in [0.15, 0.2) is 48.5 Å². The van der Waals surface area contributed by atoms with Crippen LogP contribution in [0.25, 0.3) is 0 Å². The molecule has 1 heterocycles. The predicted octanol–water partition coefficient (Wildman–Crippen LogP) is 3.94. The number of anilines is 1. The summed E-state index contributed by atoms with van der Waals surface area (Å²) in [5, 5.41) is 4.61. The molecule has 2 aromatic rings. The highest BCUT2D eigenvalue weighted by atomic mass is 19.4. The van der Waals surface area contributed by atoms with E-state index in [9.17, 15) is 26.7 Å². The molecule has 138 valence electrons. The lowest BCUT2D eigenvalue weighted by atomic mass is 10.1. The summed E-state index contributed by atoms with van der Waals surface area (Å²) in [5.74, 6) is -5.83. The number of hydrogen-bond donors (Lipinski definition) is 2. The summed E-state index contributed by atoms with van der Waals surface area (Å²) in [6.07, 6.45) is -8.34. The van der Waals surface area contributed by atoms with Gasteiger partial charge in [0.15, 0.2) is 0 Å². The van der Waals surface area contributed by atoms with Crippen LogP contribution in [0.5, 0.6) is 5.75 Å². The zero-order valence-corrected chi connectivity index (χ0v) is 13.1. The minimum atomic E-state index is -5.76. The van der Waals surface area contributed by atoms with E-state index in [1.54, 1.807) is 24.3 Å². The van der Waals surface area contributed by atoms with Gasteiger partial charge in [-0.1, -0.05) is 30.3 Å². The fourth-order valence-corrected chi connectivity index (χ4v) is 2.37. The number of alkyl halides is 5. The Morgan fingerprint density at radius 3 is 2.42 bits per heavy atom. The Morgan fingerprint density at radius 2 is 1.77 bits per heavy atom. The van der Waals surface area contributed by atoms with Gasteiger partial charge >= 0.3 is 12.1 Å². The molecule has 4 nitrogen and oxygen atoms in total. The van der Waals surface area contributed by atoms with E-state index in [1.165, 1.54) is 12.1 Å². The number of hydrogen-bond acceptors (Lipinski definition) is 3. The first kappa shape index (κ1) is 18.0. The van der Waals surface area contributed by atoms with Gasteiger partial charge in [0.25, 0.3) is 5.91 Å². The van der Waals surface area contributed by atoms with E-state index in [-0.39, 0.29) is 23.5 Å². The summed E-state index contributed by atoms with van der Waals surface area (Å²) >= 11 is 0. The summed E-state index contributed by atoms with van der Waals surface area (Å²) < 4.78 is 68.8. The molecule has 2 N–H and O–H groups in total. The topological polar surface area (TPSA) is 50.4 Å². The summed E-state index contributed by atoms with van der Waals surface area (Å²) in [7, 11) is 0. The highest BCUT2D eigenvalue weighted by molar-refractivity contribution is 5.95. The number of rotatable bonds is 4. The molecule has 26 heavy (non-hydrogen) atoms. The van der Waals surface area contributed by atoms with Gasteiger partial charge in [-0.05, 0) is 23.8 Å². The maximum atomic E-state index is 13.4. The van der Waals surface area contributed by atoms with Crippen molar-refractivity contribution >= 4 is 11.6 Å². The molecule has 0 aromatic heterocycles. The Morgan fingerprint density at radius 1 is 1.08 bits per heavy atom. The number of fused-ring (bicyclic) bond motifs is 1. The Labute approximate surface area is 145 Å². The van der Waals surface area contributed by atoms with E-state index in [1.807, 2.05) is 11.4 Å². The van der Waals surface area contributed by atoms with Gasteiger partial charge in [-0.15, -0.1) is 0 Å². The zero-order chi connectivity index (χ0) is 18.9. The van der Waals surface area contributed by atoms with Crippen molar-refractivity contribution in [3.8, 4) is 5.75 Å². The highest BCUT2D eigenvalue weighted by Crippen LogP contribution is 2.44. The zero-order valence-electron chi connectivity index (χ0n) is 13.1. The van der Waals surface area contributed by atoms with Gasteiger partial charge in [0.2, 0.25) is 6.23 Å². The fourth-order valence-electron chi connectivity index (χ4n) is 2.37. The summed E-state index contributed by atoms with van der Waals surface area (Å²) in [4.78, 5) is 12.1. The maximum absolute atomic E-state index is 13.4. The Hall–Kier alpha value is -2.84. The first-order valence-electron chi connectivity index (χ1n) is 7.52. The molecule has 0 spiro atoms. The summed E-state index contributed by atoms with van der Waals surface area (Å²) in [6.45, 7) is 0.241. The predicted molar refractivity (Wildman–Crippen MR) is 83.1 cm³/mol. The van der Waals surface area contributed by atoms with Crippen molar-refractivity contribution in [2.75, 3.05) is 5.32 Å². The number of halogens is 5. The molecule has 3 rings (SSSR count). The molecule has 0 radical (unpaired) electrons. The molecule has 1 aliphatic rings. The van der Waals surface area contributed by atoms with Gasteiger partial charge in [-0.2, -0.15) is 22.0 Å². The summed E-state index contributed by atoms with van der Waals surface area (Å²) in [5.41, 5.74) is 0.890. The van der Waals surface area contributed by atoms with Crippen molar-refractivity contribution in [3.63, 3.8) is 0 Å². The van der Waals surface area contributed by atoms with Gasteiger partial charge in [0.1, 0.15) is 5.75 Å². The third-order valence-corrected chi connectivity index (χ3v) is 3.78. The van der Waals surface area contributed by atoms with Crippen LogP contribution in [0, 0.1) is 0 Å². The minimum absolute atomic E-state index is 0.0430. The third-order valence-electron chi connectivity index (χ3n) is 3.78. The largest absolute Gasteiger partial charge is 0.462 e. The molecule has 0 aliphatic carbocycles. The van der Waals surface area contributed by atoms with Gasteiger partial charge < -0.3 is 15.4 Å². The van der Waals surface area contributed by atoms with E-state index in [2.05, 4.69) is 5.32 Å². The van der Waals surface area contributed by atoms with Crippen molar-refractivity contribution in [1.82, 2.24) is 5.32 Å². The van der Waals surface area contributed by atoms with Crippen LogP contribution in [-0.2, 0) is 6.54 Å². The Kier molecular flexibility index (Phi) is 4.47. The van der Waals surface area contributed by atoms with Gasteiger partial charge in [0.05, 0.1) is 5.69 Å². The van der Waals surface area contributed by atoms with Crippen molar-refractivity contribution < 1.29 is 31.5 Å². The summed E-state index contributed by atoms with van der Waals surface area (Å²) in [6, 6.07) is 12.7. The normalized spacial score (nSPS) is 16.4. The first-order valence-corrected chi connectivity index (χ1v) is 7.52. The second-order valence-corrected chi connectivity index (χ2v) is 5.64. The van der Waals surface area contributed by atoms with Crippen LogP contribution in [-0.4, -0.2) is 24.2 Å². The smallest absolute Gasteiger partial charge is 0.459 e. The van der Waals surface area contributed by atoms with Crippen LogP contribution >= 0.6 is 0 Å². The van der Waals surface area contributed by atoms with E-state index in [4.69, 9.17) is 4.74 Å². The van der Waals surface area contributed by atoms with Crippen LogP contribution < -0.4 is 15.4 Å². The van der Waals surface area contributed by atoms with Crippen molar-refractivity contribution in [2.45, 2.75) is 24.9 Å². The highest BCUT2D eigenvalue weighted by Gasteiger charge is 2.65. The Balaban J connectivity index is 1.70. The Bertz CT molecular complexity index is 809. The quantitative estimate of drug-likeness (QED) is 0.800. The van der Waals surface area contributed by atoms with E-state index < -0.39 is 24.2 Å². The molecule has 9 heteroatoms. The molecule has 0 saturated heterocycles. The maximum Gasteiger partial charge on any atom is 0.459 e. The van der Waals surface area contributed by atoms with Gasteiger partial charge in [0, 0.05) is 12.1 Å². The van der Waals surface area contributed by atoms with Gasteiger partial charge in [-0.25, -0.2) is 0 Å². The molecule has 1 aliphatic heterocycles. The molecule has 0 fully saturated rings. The van der Waals surface area contributed by atoms with Crippen molar-refractivity contribution in [2.24, 2.45) is 0 Å². The standard InChI is InChI=1S/C17H13F5N2O2/c18-16(19,17(20,21)22)15-24-12-7-6-11(8-13(12)26-15)14(25)23-9-10-4-2-1-3-5-10/h1-8,15,24H,9H2,(H,23,25). The second kappa shape index (κ2) is 6.47. The van der Waals surface area contributed by atoms with Crippen LogP contribution in [0.2, 0.25) is 0 Å². The lowest BCUT2D eigenvalue weighted by Crippen LogP contribution is -2.51. The number of carbonyl (C=O) groups is 1. The minimum Gasteiger partial charge on any atom is -0.462 e. The van der Waals surface area contributed by atoms with Crippen LogP contribution in [0.4, 0.5) is 27.6 Å². The molecular formula is C17H13F5N2O2. The fraction of sp³-hybridized carbons (Fsp3) is 0.235. The number of ether oxygens (including phenoxy) is 1. The number of carbonyl (C=O) groups excluding carboxylic acids is 1. The van der Waals surface area contributed by atoms with Crippen molar-refractivity contribution in [3.05, 3.63) is 59.7 Å². The average Bonchev–Trinajstić information content (AvgIpc) is 3.03. The number of benzene rings is 2. The van der Waals surface area contributed by atoms with Crippen LogP contribution in [0.1, 0.15) is 15.9 Å². The monoisotopic (exact) mass is 372 g/mol. The molecule has 1 atom stereocenters. The molecule has 0 saturated carbocycles. The second-order valence-electron chi connectivity index (χ2n) is 5.64. The third kappa shape index (κ3) is 3.42. The molecule has 0 bridgehead atoms. The molecular weight excluding hydrogens is 359 g/mol. The molecule has 2 aromatic carbocycles. The van der Waals surface area contributed by atoms with E-state index in [0.717, 1.165) is 11.6 Å². The number of nitrogens with one attached hydrogen (secondary N) is 2. The lowest BCUT2D eigenvalue weighted by Gasteiger charge is -2.24. The van der Waals surface area contributed by atoms with Crippen molar-refractivity contribution in [1.29, 1.82) is 0 Å². The number of amides is 1. The average molecular weight is 372 g/mol. The van der Waals surface area contributed by atoms with Gasteiger partial charge in [-0.3, -0.25) is 4.79 Å². The first-order chi connectivity index (χ1) is 12.2. The molecule has 1 amide bonds. The van der Waals surface area contributed by atoms with Crippen LogP contribution in [0.3, 0.4) is 0 Å². The lowest BCUT2D eigenvalue weighted by molar-refractivity contribution is -0.303. The van der Waals surface area contributed by atoms with E-state index in [0.29, 0.717) is 0 Å².